The largest absolute Gasteiger partial charge is 0.492 e. The number of carbonyl (C=O) groups excluding carboxylic acids is 1. The van der Waals surface area contributed by atoms with Crippen LogP contribution >= 0.6 is 23.2 Å². The molecule has 2 amide bonds. The highest BCUT2D eigenvalue weighted by molar-refractivity contribution is 6.42. The minimum absolute atomic E-state index is 0.00815. The molecule has 5 nitrogen and oxygen atoms in total. The second-order valence-corrected chi connectivity index (χ2v) is 8.40. The van der Waals surface area contributed by atoms with Crippen molar-refractivity contribution in [3.8, 4) is 11.5 Å². The summed E-state index contributed by atoms with van der Waals surface area (Å²) in [4.78, 5) is 14.0. The molecule has 0 aliphatic carbocycles. The Hall–Kier alpha value is -2.32. The summed E-state index contributed by atoms with van der Waals surface area (Å²) in [6.07, 6.45) is -2.80. The van der Waals surface area contributed by atoms with E-state index in [2.05, 4.69) is 0 Å². The maximum absolute atomic E-state index is 13.9. The standard InChI is InChI=1S/C21H19Cl2F3N2O3/c22-15-11-17-18(12-16(15)23)31-21(30-17,20(24,25)26)27-19(29)28-8-6-14(7-9-28)10-13-4-2-1-3-5-13/h1-5,11-12,14H,6-10H2,(H,27,29). The number of urea groups is 1. The van der Waals surface area contributed by atoms with Crippen molar-refractivity contribution in [2.75, 3.05) is 13.1 Å². The van der Waals surface area contributed by atoms with Crippen molar-refractivity contribution >= 4 is 29.2 Å². The van der Waals surface area contributed by atoms with Crippen molar-refractivity contribution in [1.82, 2.24) is 10.2 Å². The van der Waals surface area contributed by atoms with Gasteiger partial charge in [0.05, 0.1) is 10.0 Å². The molecule has 2 aromatic carbocycles. The van der Waals surface area contributed by atoms with E-state index >= 15 is 0 Å². The van der Waals surface area contributed by atoms with Gasteiger partial charge in [-0.25, -0.2) is 4.79 Å². The molecule has 0 bridgehead atoms. The number of hydrogen-bond donors (Lipinski definition) is 1. The molecule has 0 unspecified atom stereocenters. The van der Waals surface area contributed by atoms with E-state index in [0.717, 1.165) is 18.6 Å². The third-order valence-corrected chi connectivity index (χ3v) is 6.13. The van der Waals surface area contributed by atoms with E-state index in [1.807, 2.05) is 35.6 Å². The molecule has 0 spiro atoms. The molecule has 2 aliphatic heterocycles. The first kappa shape index (κ1) is 21.9. The van der Waals surface area contributed by atoms with Crippen molar-refractivity contribution in [2.45, 2.75) is 31.3 Å². The van der Waals surface area contributed by atoms with Crippen LogP contribution in [0.15, 0.2) is 42.5 Å². The van der Waals surface area contributed by atoms with Crippen LogP contribution in [0.3, 0.4) is 0 Å². The van der Waals surface area contributed by atoms with Gasteiger partial charge in [0, 0.05) is 25.2 Å². The zero-order chi connectivity index (χ0) is 22.2. The van der Waals surface area contributed by atoms with Crippen LogP contribution < -0.4 is 14.8 Å². The lowest BCUT2D eigenvalue weighted by Gasteiger charge is -2.35. The number of nitrogens with zero attached hydrogens (tertiary/aromatic N) is 1. The number of nitrogens with one attached hydrogen (secondary N) is 1. The van der Waals surface area contributed by atoms with Gasteiger partial charge in [-0.15, -0.1) is 0 Å². The molecule has 1 fully saturated rings. The molecule has 2 aliphatic rings. The van der Waals surface area contributed by atoms with Crippen LogP contribution in [0.25, 0.3) is 0 Å². The minimum Gasteiger partial charge on any atom is -0.424 e. The molecule has 0 aromatic heterocycles. The second-order valence-electron chi connectivity index (χ2n) is 7.58. The first-order chi connectivity index (χ1) is 14.7. The Kier molecular flexibility index (Phi) is 5.87. The number of fused-ring (bicyclic) bond motifs is 1. The fourth-order valence-electron chi connectivity index (χ4n) is 3.75. The van der Waals surface area contributed by atoms with E-state index in [1.54, 1.807) is 0 Å². The second kappa shape index (κ2) is 8.31. The number of carbonyl (C=O) groups is 1. The summed E-state index contributed by atoms with van der Waals surface area (Å²) in [5, 5.41) is 1.90. The average Bonchev–Trinajstić information content (AvgIpc) is 3.07. The fourth-order valence-corrected chi connectivity index (χ4v) is 4.05. The van der Waals surface area contributed by atoms with Crippen LogP contribution in [0.4, 0.5) is 18.0 Å². The lowest BCUT2D eigenvalue weighted by Crippen LogP contribution is -2.67. The lowest BCUT2D eigenvalue weighted by molar-refractivity contribution is -0.318. The Morgan fingerprint density at radius 3 is 2.13 bits per heavy atom. The third kappa shape index (κ3) is 4.50. The molecule has 0 atom stereocenters. The number of hydrogen-bond acceptors (Lipinski definition) is 3. The predicted molar refractivity (Wildman–Crippen MR) is 109 cm³/mol. The Bertz CT molecular complexity index is 933. The van der Waals surface area contributed by atoms with Crippen LogP contribution in [-0.2, 0) is 6.42 Å². The summed E-state index contributed by atoms with van der Waals surface area (Å²) < 4.78 is 51.6. The number of alkyl halides is 3. The molecular formula is C21H19Cl2F3N2O3. The Morgan fingerprint density at radius 1 is 1.06 bits per heavy atom. The van der Waals surface area contributed by atoms with Gasteiger partial charge in [-0.1, -0.05) is 53.5 Å². The molecule has 4 rings (SSSR count). The first-order valence-corrected chi connectivity index (χ1v) is 10.5. The zero-order valence-corrected chi connectivity index (χ0v) is 17.7. The summed E-state index contributed by atoms with van der Waals surface area (Å²) in [7, 11) is 0. The number of halogens is 5. The highest BCUT2D eigenvalue weighted by Gasteiger charge is 2.66. The fraction of sp³-hybridized carbons (Fsp3) is 0.381. The van der Waals surface area contributed by atoms with Gasteiger partial charge in [0.15, 0.2) is 11.5 Å². The van der Waals surface area contributed by atoms with Gasteiger partial charge in [-0.2, -0.15) is 13.2 Å². The Labute approximate surface area is 187 Å². The van der Waals surface area contributed by atoms with Gasteiger partial charge in [0.25, 0.3) is 0 Å². The highest BCUT2D eigenvalue weighted by Crippen LogP contribution is 2.48. The minimum atomic E-state index is -5.05. The SMILES string of the molecule is O=C(NC1(C(F)(F)F)Oc2cc(Cl)c(Cl)cc2O1)N1CCC(Cc2ccccc2)CC1. The van der Waals surface area contributed by atoms with E-state index in [1.165, 1.54) is 10.5 Å². The van der Waals surface area contributed by atoms with Crippen molar-refractivity contribution < 1.29 is 27.4 Å². The van der Waals surface area contributed by atoms with Crippen LogP contribution in [-0.4, -0.2) is 36.1 Å². The summed E-state index contributed by atoms with van der Waals surface area (Å²) in [5.74, 6) is -3.50. The molecule has 31 heavy (non-hydrogen) atoms. The summed E-state index contributed by atoms with van der Waals surface area (Å²) >= 11 is 11.7. The summed E-state index contributed by atoms with van der Waals surface area (Å²) in [5.41, 5.74) is 1.20. The van der Waals surface area contributed by atoms with Crippen molar-refractivity contribution in [2.24, 2.45) is 5.92 Å². The third-order valence-electron chi connectivity index (χ3n) is 5.41. The zero-order valence-electron chi connectivity index (χ0n) is 16.2. The van der Waals surface area contributed by atoms with E-state index < -0.39 is 18.1 Å². The normalized spacial score (nSPS) is 18.2. The van der Waals surface area contributed by atoms with Crippen molar-refractivity contribution in [3.05, 3.63) is 58.1 Å². The van der Waals surface area contributed by atoms with Crippen LogP contribution in [0, 0.1) is 5.92 Å². The number of amides is 2. The summed E-state index contributed by atoms with van der Waals surface area (Å²) in [6, 6.07) is 11.3. The molecule has 2 aromatic rings. The molecule has 166 valence electrons. The van der Waals surface area contributed by atoms with E-state index in [0.29, 0.717) is 31.8 Å². The number of benzene rings is 2. The first-order valence-electron chi connectivity index (χ1n) is 9.72. The maximum Gasteiger partial charge on any atom is 0.492 e. The molecule has 0 radical (unpaired) electrons. The van der Waals surface area contributed by atoms with Gasteiger partial charge in [0.1, 0.15) is 0 Å². The van der Waals surface area contributed by atoms with Crippen LogP contribution in [0.2, 0.25) is 10.0 Å². The van der Waals surface area contributed by atoms with Gasteiger partial charge >= 0.3 is 18.1 Å². The number of ether oxygens (including phenoxy) is 2. The van der Waals surface area contributed by atoms with Gasteiger partial charge in [0.2, 0.25) is 0 Å². The van der Waals surface area contributed by atoms with E-state index in [-0.39, 0.29) is 21.5 Å². The van der Waals surface area contributed by atoms with E-state index in [4.69, 9.17) is 32.7 Å². The van der Waals surface area contributed by atoms with Crippen LogP contribution in [0.5, 0.6) is 11.5 Å². The number of rotatable bonds is 3. The lowest BCUT2D eigenvalue weighted by atomic mass is 9.90. The van der Waals surface area contributed by atoms with Gasteiger partial charge < -0.3 is 14.4 Å². The molecular weight excluding hydrogens is 456 g/mol. The Morgan fingerprint density at radius 2 is 1.61 bits per heavy atom. The molecule has 0 saturated carbocycles. The van der Waals surface area contributed by atoms with E-state index in [9.17, 15) is 18.0 Å². The smallest absolute Gasteiger partial charge is 0.424 e. The van der Waals surface area contributed by atoms with Crippen molar-refractivity contribution in [3.63, 3.8) is 0 Å². The molecule has 1 N–H and O–H groups in total. The quantitative estimate of drug-likeness (QED) is 0.625. The number of piperidine rings is 1. The molecule has 10 heteroatoms. The molecule has 1 saturated heterocycles. The average molecular weight is 475 g/mol. The monoisotopic (exact) mass is 474 g/mol. The Balaban J connectivity index is 1.42. The highest BCUT2D eigenvalue weighted by atomic mass is 35.5. The van der Waals surface area contributed by atoms with Crippen molar-refractivity contribution in [1.29, 1.82) is 0 Å². The van der Waals surface area contributed by atoms with Gasteiger partial charge in [-0.05, 0) is 30.7 Å². The maximum atomic E-state index is 13.9. The topological polar surface area (TPSA) is 50.8 Å². The predicted octanol–water partition coefficient (Wildman–Crippen LogP) is 5.65. The number of likely N-dealkylation sites (tertiary alicyclic amines) is 1. The van der Waals surface area contributed by atoms with Gasteiger partial charge in [-0.3, -0.25) is 5.32 Å². The molecule has 2 heterocycles. The van der Waals surface area contributed by atoms with Crippen LogP contribution in [0.1, 0.15) is 18.4 Å². The summed E-state index contributed by atoms with van der Waals surface area (Å²) in [6.45, 7) is 0.670.